The third-order valence-electron chi connectivity index (χ3n) is 4.16. The van der Waals surface area contributed by atoms with Crippen LogP contribution >= 0.6 is 23.2 Å². The molecule has 0 spiro atoms. The van der Waals surface area contributed by atoms with E-state index in [1.807, 2.05) is 0 Å². The highest BCUT2D eigenvalue weighted by atomic mass is 35.5. The Kier molecular flexibility index (Phi) is 5.30. The van der Waals surface area contributed by atoms with Gasteiger partial charge in [0.2, 0.25) is 5.91 Å². The van der Waals surface area contributed by atoms with Crippen molar-refractivity contribution in [2.75, 3.05) is 11.4 Å². The molecule has 1 fully saturated rings. The maximum absolute atomic E-state index is 12.4. The average molecular weight is 392 g/mol. The van der Waals surface area contributed by atoms with Crippen molar-refractivity contribution in [2.45, 2.75) is 13.3 Å². The first-order valence-corrected chi connectivity index (χ1v) is 8.69. The predicted molar refractivity (Wildman–Crippen MR) is 99.0 cm³/mol. The third-order valence-corrected chi connectivity index (χ3v) is 4.97. The number of ketones is 1. The number of ether oxygens (including phenoxy) is 1. The van der Waals surface area contributed by atoms with E-state index >= 15 is 0 Å². The summed E-state index contributed by atoms with van der Waals surface area (Å²) < 4.78 is 5.33. The molecule has 1 aliphatic rings. The van der Waals surface area contributed by atoms with Crippen LogP contribution in [0.15, 0.2) is 42.5 Å². The van der Waals surface area contributed by atoms with Crippen molar-refractivity contribution >= 4 is 46.5 Å². The highest BCUT2D eigenvalue weighted by Gasteiger charge is 2.37. The van der Waals surface area contributed by atoms with E-state index < -0.39 is 11.9 Å². The monoisotopic (exact) mass is 391 g/mol. The summed E-state index contributed by atoms with van der Waals surface area (Å²) in [4.78, 5) is 37.4. The smallest absolute Gasteiger partial charge is 0.316 e. The lowest BCUT2D eigenvalue weighted by Gasteiger charge is -2.18. The van der Waals surface area contributed by atoms with Gasteiger partial charge in [0, 0.05) is 18.5 Å². The first-order chi connectivity index (χ1) is 12.4. The molecule has 26 heavy (non-hydrogen) atoms. The summed E-state index contributed by atoms with van der Waals surface area (Å²) in [5.74, 6) is -1.08. The second kappa shape index (κ2) is 7.48. The van der Waals surface area contributed by atoms with Gasteiger partial charge in [-0.1, -0.05) is 29.3 Å². The van der Waals surface area contributed by atoms with Crippen LogP contribution in [0.3, 0.4) is 0 Å². The van der Waals surface area contributed by atoms with Gasteiger partial charge in [-0.15, -0.1) is 0 Å². The number of amides is 1. The van der Waals surface area contributed by atoms with Crippen molar-refractivity contribution in [1.29, 1.82) is 0 Å². The maximum Gasteiger partial charge on any atom is 0.316 e. The van der Waals surface area contributed by atoms with E-state index in [2.05, 4.69) is 0 Å². The zero-order valence-corrected chi connectivity index (χ0v) is 15.4. The Morgan fingerprint density at radius 2 is 1.81 bits per heavy atom. The SMILES string of the molecule is CC(=O)c1ccc(OC(=O)[C@@H]2CC(=O)N(c3cccc(Cl)c3Cl)C2)cc1. The van der Waals surface area contributed by atoms with E-state index in [1.165, 1.54) is 11.8 Å². The lowest BCUT2D eigenvalue weighted by Crippen LogP contribution is -2.27. The number of carbonyl (C=O) groups is 3. The highest BCUT2D eigenvalue weighted by Crippen LogP contribution is 2.36. The first kappa shape index (κ1) is 18.4. The van der Waals surface area contributed by atoms with Crippen LogP contribution in [0, 0.1) is 5.92 Å². The molecule has 1 amide bonds. The molecule has 0 unspecified atom stereocenters. The van der Waals surface area contributed by atoms with E-state index in [4.69, 9.17) is 27.9 Å². The molecule has 0 saturated carbocycles. The summed E-state index contributed by atoms with van der Waals surface area (Å²) in [5.41, 5.74) is 1.01. The molecule has 0 N–H and O–H groups in total. The van der Waals surface area contributed by atoms with Crippen molar-refractivity contribution in [1.82, 2.24) is 0 Å². The Morgan fingerprint density at radius 1 is 1.12 bits per heavy atom. The van der Waals surface area contributed by atoms with Gasteiger partial charge in [0.05, 0.1) is 21.7 Å². The zero-order chi connectivity index (χ0) is 18.8. The van der Waals surface area contributed by atoms with Crippen LogP contribution in [-0.4, -0.2) is 24.2 Å². The number of benzene rings is 2. The van der Waals surface area contributed by atoms with Crippen molar-refractivity contribution in [2.24, 2.45) is 5.92 Å². The van der Waals surface area contributed by atoms with Gasteiger partial charge in [-0.25, -0.2) is 0 Å². The average Bonchev–Trinajstić information content (AvgIpc) is 2.99. The Morgan fingerprint density at radius 3 is 2.46 bits per heavy atom. The molecule has 5 nitrogen and oxygen atoms in total. The number of anilines is 1. The molecule has 1 aliphatic heterocycles. The summed E-state index contributed by atoms with van der Waals surface area (Å²) in [5, 5.41) is 0.616. The Balaban J connectivity index is 1.71. The molecular formula is C19H15Cl2NO4. The summed E-state index contributed by atoms with van der Waals surface area (Å²) in [6.07, 6.45) is 0.0349. The molecule has 0 radical (unpaired) electrons. The number of hydrogen-bond acceptors (Lipinski definition) is 4. The molecule has 3 rings (SSSR count). The minimum atomic E-state index is -0.606. The van der Waals surface area contributed by atoms with Gasteiger partial charge < -0.3 is 9.64 Å². The second-order valence-corrected chi connectivity index (χ2v) is 6.77. The van der Waals surface area contributed by atoms with Crippen LogP contribution in [0.1, 0.15) is 23.7 Å². The van der Waals surface area contributed by atoms with E-state index in [0.717, 1.165) is 0 Å². The molecule has 0 bridgehead atoms. The van der Waals surface area contributed by atoms with Gasteiger partial charge in [0.25, 0.3) is 0 Å². The van der Waals surface area contributed by atoms with Crippen LogP contribution < -0.4 is 9.64 Å². The van der Waals surface area contributed by atoms with E-state index in [-0.39, 0.29) is 29.7 Å². The van der Waals surface area contributed by atoms with E-state index in [9.17, 15) is 14.4 Å². The fraction of sp³-hybridized carbons (Fsp3) is 0.211. The number of hydrogen-bond donors (Lipinski definition) is 0. The summed E-state index contributed by atoms with van der Waals surface area (Å²) in [6.45, 7) is 1.63. The molecule has 7 heteroatoms. The minimum Gasteiger partial charge on any atom is -0.426 e. The minimum absolute atomic E-state index is 0.0349. The second-order valence-electron chi connectivity index (χ2n) is 5.98. The van der Waals surface area contributed by atoms with E-state index in [0.29, 0.717) is 22.0 Å². The number of halogens is 2. The lowest BCUT2D eigenvalue weighted by molar-refractivity contribution is -0.139. The maximum atomic E-state index is 12.4. The van der Waals surface area contributed by atoms with Crippen LogP contribution in [0.4, 0.5) is 5.69 Å². The molecule has 1 heterocycles. The molecule has 2 aromatic rings. The Labute approximate surface area is 160 Å². The largest absolute Gasteiger partial charge is 0.426 e. The number of esters is 1. The third kappa shape index (κ3) is 3.74. The van der Waals surface area contributed by atoms with Crippen molar-refractivity contribution in [3.8, 4) is 5.75 Å². The van der Waals surface area contributed by atoms with Crippen molar-refractivity contribution in [3.63, 3.8) is 0 Å². The Bertz CT molecular complexity index is 880. The number of nitrogens with zero attached hydrogens (tertiary/aromatic N) is 1. The van der Waals surface area contributed by atoms with Crippen LogP contribution in [0.5, 0.6) is 5.75 Å². The number of rotatable bonds is 4. The highest BCUT2D eigenvalue weighted by molar-refractivity contribution is 6.44. The van der Waals surface area contributed by atoms with Gasteiger partial charge in [-0.2, -0.15) is 0 Å². The van der Waals surface area contributed by atoms with Gasteiger partial charge in [-0.3, -0.25) is 14.4 Å². The van der Waals surface area contributed by atoms with Gasteiger partial charge in [0.1, 0.15) is 5.75 Å². The van der Waals surface area contributed by atoms with Gasteiger partial charge in [-0.05, 0) is 43.3 Å². The molecular weight excluding hydrogens is 377 g/mol. The standard InChI is InChI=1S/C19H15Cl2NO4/c1-11(23)12-5-7-14(8-6-12)26-19(25)13-9-17(24)22(10-13)16-4-2-3-15(20)18(16)21/h2-8,13H,9-10H2,1H3/t13-/m1/s1. The van der Waals surface area contributed by atoms with Crippen LogP contribution in [-0.2, 0) is 9.59 Å². The first-order valence-electron chi connectivity index (χ1n) is 7.94. The molecule has 134 valence electrons. The lowest BCUT2D eigenvalue weighted by atomic mass is 10.1. The number of Topliss-reactive ketones (excluding diaryl/α,β-unsaturated/α-hetero) is 1. The summed E-state index contributed by atoms with van der Waals surface area (Å²) >= 11 is 12.2. The number of carbonyl (C=O) groups excluding carboxylic acids is 3. The molecule has 1 saturated heterocycles. The fourth-order valence-corrected chi connectivity index (χ4v) is 3.15. The Hall–Kier alpha value is -2.37. The summed E-state index contributed by atoms with van der Waals surface area (Å²) in [6, 6.07) is 11.3. The molecule has 0 aliphatic carbocycles. The summed E-state index contributed by atoms with van der Waals surface area (Å²) in [7, 11) is 0. The molecule has 2 aromatic carbocycles. The van der Waals surface area contributed by atoms with Gasteiger partial charge in [0.15, 0.2) is 5.78 Å². The quantitative estimate of drug-likeness (QED) is 0.446. The van der Waals surface area contributed by atoms with Crippen molar-refractivity contribution < 1.29 is 19.1 Å². The van der Waals surface area contributed by atoms with Crippen LogP contribution in [0.25, 0.3) is 0 Å². The fourth-order valence-electron chi connectivity index (χ4n) is 2.76. The van der Waals surface area contributed by atoms with Gasteiger partial charge >= 0.3 is 5.97 Å². The topological polar surface area (TPSA) is 63.7 Å². The zero-order valence-electron chi connectivity index (χ0n) is 13.9. The predicted octanol–water partition coefficient (Wildman–Crippen LogP) is 4.15. The normalized spacial score (nSPS) is 16.7. The van der Waals surface area contributed by atoms with Crippen LogP contribution in [0.2, 0.25) is 10.0 Å². The van der Waals surface area contributed by atoms with E-state index in [1.54, 1.807) is 42.5 Å². The van der Waals surface area contributed by atoms with Crippen molar-refractivity contribution in [3.05, 3.63) is 58.1 Å². The molecule has 0 aromatic heterocycles. The molecule has 1 atom stereocenters.